The maximum atomic E-state index is 11.1. The lowest BCUT2D eigenvalue weighted by Gasteiger charge is -2.24. The molecule has 6 nitrogen and oxygen atoms in total. The van der Waals surface area contributed by atoms with Gasteiger partial charge in [0.2, 0.25) is 0 Å². The molecule has 0 radical (unpaired) electrons. The van der Waals surface area contributed by atoms with Crippen LogP contribution in [0.3, 0.4) is 0 Å². The summed E-state index contributed by atoms with van der Waals surface area (Å²) in [5, 5.41) is 15.2. The molecule has 2 aliphatic carbocycles. The van der Waals surface area contributed by atoms with E-state index in [1.165, 1.54) is 64.1 Å². The molecule has 0 atom stereocenters. The fourth-order valence-electron chi connectivity index (χ4n) is 3.47. The average Bonchev–Trinajstić information content (AvgIpc) is 3.47. The molecule has 3 aliphatic rings. The number of rotatable bonds is 7. The number of carbonyl (C=O) groups excluding carboxylic acids is 1. The van der Waals surface area contributed by atoms with Crippen LogP contribution >= 0.6 is 0 Å². The van der Waals surface area contributed by atoms with Gasteiger partial charge in [-0.2, -0.15) is 0 Å². The van der Waals surface area contributed by atoms with Gasteiger partial charge in [0.1, 0.15) is 0 Å². The molecule has 4 rings (SSSR count). The first kappa shape index (κ1) is 19.3. The van der Waals surface area contributed by atoms with E-state index in [0.29, 0.717) is 5.56 Å². The first-order valence-electron chi connectivity index (χ1n) is 10.1. The topological polar surface area (TPSA) is 86.3 Å². The Morgan fingerprint density at radius 2 is 2.12 bits per heavy atom. The van der Waals surface area contributed by atoms with Gasteiger partial charge in [-0.3, -0.25) is 15.0 Å². The predicted molar refractivity (Wildman–Crippen MR) is 101 cm³/mol. The third-order valence-corrected chi connectivity index (χ3v) is 5.56. The lowest BCUT2D eigenvalue weighted by Crippen LogP contribution is -2.26. The van der Waals surface area contributed by atoms with Crippen LogP contribution in [0.1, 0.15) is 73.0 Å². The molecule has 1 aromatic heterocycles. The zero-order chi connectivity index (χ0) is 18.2. The number of hydrogen-bond donors (Lipinski definition) is 4. The van der Waals surface area contributed by atoms with Crippen LogP contribution in [0.5, 0.6) is 0 Å². The second kappa shape index (κ2) is 10.00. The Balaban J connectivity index is 0.000000152. The van der Waals surface area contributed by atoms with Crippen molar-refractivity contribution in [3.05, 3.63) is 29.1 Å². The van der Waals surface area contributed by atoms with E-state index in [1.807, 2.05) is 0 Å². The van der Waals surface area contributed by atoms with Crippen molar-refractivity contribution in [2.75, 3.05) is 13.1 Å². The van der Waals surface area contributed by atoms with E-state index in [9.17, 15) is 4.79 Å². The second-order valence-corrected chi connectivity index (χ2v) is 7.72. The minimum atomic E-state index is -0.515. The lowest BCUT2D eigenvalue weighted by atomic mass is 9.82. The van der Waals surface area contributed by atoms with Gasteiger partial charge in [-0.15, -0.1) is 0 Å². The minimum absolute atomic E-state index is 0.396. The number of amides is 1. The molecule has 2 saturated carbocycles. The summed E-state index contributed by atoms with van der Waals surface area (Å²) < 4.78 is 0. The Bertz CT molecular complexity index is 585. The molecule has 1 amide bonds. The SMILES string of the molecule is C(CCC1CCC1)CNC1CC1.O=C(NO)c1cnc2c(c1)CCNC2. The van der Waals surface area contributed by atoms with Crippen molar-refractivity contribution in [3.8, 4) is 0 Å². The summed E-state index contributed by atoms with van der Waals surface area (Å²) in [5.41, 5.74) is 4.04. The molecule has 2 fully saturated rings. The number of fused-ring (bicyclic) bond motifs is 1. The maximum Gasteiger partial charge on any atom is 0.276 e. The Morgan fingerprint density at radius 3 is 2.81 bits per heavy atom. The van der Waals surface area contributed by atoms with Crippen molar-refractivity contribution >= 4 is 5.91 Å². The van der Waals surface area contributed by atoms with Gasteiger partial charge >= 0.3 is 0 Å². The maximum absolute atomic E-state index is 11.1. The van der Waals surface area contributed by atoms with Gasteiger partial charge in [0, 0.05) is 18.8 Å². The zero-order valence-electron chi connectivity index (χ0n) is 15.6. The molecule has 6 heteroatoms. The number of nitrogens with one attached hydrogen (secondary N) is 3. The first-order chi connectivity index (χ1) is 12.8. The lowest BCUT2D eigenvalue weighted by molar-refractivity contribution is 0.0705. The summed E-state index contributed by atoms with van der Waals surface area (Å²) in [6, 6.07) is 2.68. The number of pyridine rings is 1. The number of carbonyl (C=O) groups is 1. The van der Waals surface area contributed by atoms with E-state index in [2.05, 4.69) is 15.6 Å². The van der Waals surface area contributed by atoms with Gasteiger partial charge < -0.3 is 10.6 Å². The van der Waals surface area contributed by atoms with Crippen LogP contribution < -0.4 is 16.1 Å². The van der Waals surface area contributed by atoms with E-state index < -0.39 is 5.91 Å². The molecule has 2 heterocycles. The largest absolute Gasteiger partial charge is 0.314 e. The Hall–Kier alpha value is -1.50. The summed E-state index contributed by atoms with van der Waals surface area (Å²) in [4.78, 5) is 15.2. The third-order valence-electron chi connectivity index (χ3n) is 5.56. The van der Waals surface area contributed by atoms with Gasteiger partial charge in [0.05, 0.1) is 11.3 Å². The average molecular weight is 361 g/mol. The van der Waals surface area contributed by atoms with Crippen molar-refractivity contribution in [2.24, 2.45) is 5.92 Å². The van der Waals surface area contributed by atoms with E-state index in [0.717, 1.165) is 42.7 Å². The second-order valence-electron chi connectivity index (χ2n) is 7.72. The fraction of sp³-hybridized carbons (Fsp3) is 0.700. The predicted octanol–water partition coefficient (Wildman–Crippen LogP) is 2.56. The van der Waals surface area contributed by atoms with Crippen LogP contribution in [0.4, 0.5) is 0 Å². The molecule has 1 aliphatic heterocycles. The van der Waals surface area contributed by atoms with Crippen molar-refractivity contribution in [3.63, 3.8) is 0 Å². The van der Waals surface area contributed by atoms with Crippen LogP contribution in [-0.4, -0.2) is 35.2 Å². The normalized spacial score (nSPS) is 19.0. The summed E-state index contributed by atoms with van der Waals surface area (Å²) >= 11 is 0. The highest BCUT2D eigenvalue weighted by Crippen LogP contribution is 2.30. The van der Waals surface area contributed by atoms with Crippen molar-refractivity contribution in [1.82, 2.24) is 21.1 Å². The summed E-state index contributed by atoms with van der Waals surface area (Å²) in [6.07, 6.45) is 14.1. The summed E-state index contributed by atoms with van der Waals surface area (Å²) in [7, 11) is 0. The molecular formula is C20H32N4O2. The van der Waals surface area contributed by atoms with Crippen LogP contribution in [0, 0.1) is 5.92 Å². The molecule has 0 unspecified atom stereocenters. The summed E-state index contributed by atoms with van der Waals surface area (Å²) in [6.45, 7) is 2.92. The molecule has 4 N–H and O–H groups in total. The summed E-state index contributed by atoms with van der Waals surface area (Å²) in [5.74, 6) is 0.602. The van der Waals surface area contributed by atoms with Crippen LogP contribution in [-0.2, 0) is 13.0 Å². The highest BCUT2D eigenvalue weighted by atomic mass is 16.5. The third kappa shape index (κ3) is 6.04. The zero-order valence-corrected chi connectivity index (χ0v) is 15.6. The Kier molecular flexibility index (Phi) is 7.41. The molecule has 26 heavy (non-hydrogen) atoms. The molecule has 0 aromatic carbocycles. The smallest absolute Gasteiger partial charge is 0.276 e. The monoisotopic (exact) mass is 360 g/mol. The minimum Gasteiger partial charge on any atom is -0.314 e. The number of hydroxylamine groups is 1. The molecule has 0 spiro atoms. The molecular weight excluding hydrogens is 328 g/mol. The van der Waals surface area contributed by atoms with Gasteiger partial charge in [-0.1, -0.05) is 32.1 Å². The van der Waals surface area contributed by atoms with E-state index in [1.54, 1.807) is 11.5 Å². The molecule has 1 aromatic rings. The van der Waals surface area contributed by atoms with E-state index in [-0.39, 0.29) is 0 Å². The quantitative estimate of drug-likeness (QED) is 0.341. The molecule has 0 saturated heterocycles. The first-order valence-corrected chi connectivity index (χ1v) is 10.1. The van der Waals surface area contributed by atoms with Gasteiger partial charge in [0.25, 0.3) is 5.91 Å². The molecule has 0 bridgehead atoms. The number of nitrogens with zero attached hydrogens (tertiary/aromatic N) is 1. The Morgan fingerprint density at radius 1 is 1.27 bits per heavy atom. The van der Waals surface area contributed by atoms with Crippen LogP contribution in [0.25, 0.3) is 0 Å². The Labute approximate surface area is 156 Å². The fourth-order valence-corrected chi connectivity index (χ4v) is 3.47. The van der Waals surface area contributed by atoms with Gasteiger partial charge in [0.15, 0.2) is 0 Å². The van der Waals surface area contributed by atoms with E-state index >= 15 is 0 Å². The van der Waals surface area contributed by atoms with Gasteiger partial charge in [-0.25, -0.2) is 5.48 Å². The number of hydrogen-bond acceptors (Lipinski definition) is 5. The van der Waals surface area contributed by atoms with E-state index in [4.69, 9.17) is 5.21 Å². The molecule has 144 valence electrons. The van der Waals surface area contributed by atoms with Crippen molar-refractivity contribution in [2.45, 2.75) is 70.4 Å². The standard InChI is InChI=1S/C11H21N.C9H11N3O2/c1(4-10-5-3-6-10)2-9-12-11-7-8-11;13-9(12-14)7-3-6-1-2-10-5-8(6)11-4-7/h10-12H,1-9H2;3-4,10,14H,1-2,5H2,(H,12,13). The number of unbranched alkanes of at least 4 members (excludes halogenated alkanes) is 1. The van der Waals surface area contributed by atoms with Crippen molar-refractivity contribution < 1.29 is 10.0 Å². The highest BCUT2D eigenvalue weighted by Gasteiger charge is 2.20. The van der Waals surface area contributed by atoms with Gasteiger partial charge in [-0.05, 0) is 56.3 Å². The van der Waals surface area contributed by atoms with Crippen molar-refractivity contribution in [1.29, 1.82) is 0 Å². The van der Waals surface area contributed by atoms with Crippen LogP contribution in [0.15, 0.2) is 12.3 Å². The highest BCUT2D eigenvalue weighted by molar-refractivity contribution is 5.93. The number of aromatic nitrogens is 1. The van der Waals surface area contributed by atoms with Crippen LogP contribution in [0.2, 0.25) is 0 Å².